The van der Waals surface area contributed by atoms with Gasteiger partial charge in [0.25, 0.3) is 0 Å². The Morgan fingerprint density at radius 1 is 1.05 bits per heavy atom. The minimum Gasteiger partial charge on any atom is -0.507 e. The molecule has 3 heteroatoms. The maximum absolute atomic E-state index is 12.0. The first-order valence-electron chi connectivity index (χ1n) is 6.23. The largest absolute Gasteiger partial charge is 0.507 e. The van der Waals surface area contributed by atoms with Gasteiger partial charge < -0.3 is 9.52 Å². The van der Waals surface area contributed by atoms with E-state index in [4.69, 9.17) is 4.42 Å². The summed E-state index contributed by atoms with van der Waals surface area (Å²) in [6.07, 6.45) is 2.97. The molecule has 1 aromatic heterocycles. The third-order valence-electron chi connectivity index (χ3n) is 3.02. The van der Waals surface area contributed by atoms with Gasteiger partial charge in [-0.2, -0.15) is 0 Å². The highest BCUT2D eigenvalue weighted by Crippen LogP contribution is 2.21. The molecule has 2 aromatic carbocycles. The normalized spacial score (nSPS) is 11.2. The second kappa shape index (κ2) is 5.05. The van der Waals surface area contributed by atoms with Crippen LogP contribution in [0.5, 0.6) is 5.75 Å². The average Bonchev–Trinajstić information content (AvgIpc) is 2.90. The van der Waals surface area contributed by atoms with Crippen LogP contribution in [0, 0.1) is 0 Å². The van der Waals surface area contributed by atoms with Crippen molar-refractivity contribution in [1.82, 2.24) is 0 Å². The van der Waals surface area contributed by atoms with Gasteiger partial charge in [0.1, 0.15) is 11.3 Å². The second-order valence-electron chi connectivity index (χ2n) is 4.40. The number of phenolic OH excluding ortho intramolecular Hbond substituents is 1. The number of benzene rings is 2. The molecule has 0 unspecified atom stereocenters. The quantitative estimate of drug-likeness (QED) is 0.574. The summed E-state index contributed by atoms with van der Waals surface area (Å²) in [6.45, 7) is 0. The topological polar surface area (TPSA) is 50.4 Å². The van der Waals surface area contributed by atoms with E-state index in [0.29, 0.717) is 11.1 Å². The Labute approximate surface area is 115 Å². The SMILES string of the molecule is O=C(/C=C/c1ccccc1O)c1cc2ccccc2o1. The van der Waals surface area contributed by atoms with Gasteiger partial charge in [-0.1, -0.05) is 36.4 Å². The van der Waals surface area contributed by atoms with Gasteiger partial charge in [-0.05, 0) is 30.4 Å². The lowest BCUT2D eigenvalue weighted by Gasteiger charge is -1.96. The van der Waals surface area contributed by atoms with Gasteiger partial charge in [-0.25, -0.2) is 0 Å². The van der Waals surface area contributed by atoms with Crippen LogP contribution in [0.25, 0.3) is 17.0 Å². The summed E-state index contributed by atoms with van der Waals surface area (Å²) in [5.74, 6) is 0.198. The molecule has 3 aromatic rings. The van der Waals surface area contributed by atoms with E-state index in [1.807, 2.05) is 24.3 Å². The molecule has 0 fully saturated rings. The zero-order chi connectivity index (χ0) is 13.9. The van der Waals surface area contributed by atoms with Gasteiger partial charge in [0.05, 0.1) is 0 Å². The second-order valence-corrected chi connectivity index (χ2v) is 4.40. The number of ketones is 1. The van der Waals surface area contributed by atoms with Crippen LogP contribution in [0.3, 0.4) is 0 Å². The van der Waals surface area contributed by atoms with Crippen LogP contribution in [0.15, 0.2) is 65.1 Å². The predicted octanol–water partition coefficient (Wildman–Crippen LogP) is 4.03. The fourth-order valence-electron chi connectivity index (χ4n) is 1.98. The van der Waals surface area contributed by atoms with Crippen LogP contribution in [-0.4, -0.2) is 10.9 Å². The van der Waals surface area contributed by atoms with Crippen LogP contribution >= 0.6 is 0 Å². The van der Waals surface area contributed by atoms with Gasteiger partial charge in [-0.15, -0.1) is 0 Å². The van der Waals surface area contributed by atoms with E-state index in [1.54, 1.807) is 36.4 Å². The molecule has 3 nitrogen and oxygen atoms in total. The van der Waals surface area contributed by atoms with E-state index in [-0.39, 0.29) is 17.3 Å². The summed E-state index contributed by atoms with van der Waals surface area (Å²) >= 11 is 0. The number of furan rings is 1. The molecule has 0 radical (unpaired) electrons. The molecule has 0 bridgehead atoms. The smallest absolute Gasteiger partial charge is 0.221 e. The number of hydrogen-bond acceptors (Lipinski definition) is 3. The van der Waals surface area contributed by atoms with Crippen molar-refractivity contribution in [2.75, 3.05) is 0 Å². The summed E-state index contributed by atoms with van der Waals surface area (Å²) in [4.78, 5) is 12.0. The highest BCUT2D eigenvalue weighted by Gasteiger charge is 2.09. The highest BCUT2D eigenvalue weighted by atomic mass is 16.3. The number of rotatable bonds is 3. The van der Waals surface area contributed by atoms with Crippen LogP contribution in [-0.2, 0) is 0 Å². The van der Waals surface area contributed by atoms with Crippen molar-refractivity contribution in [3.05, 3.63) is 72.0 Å². The molecule has 0 saturated carbocycles. The zero-order valence-electron chi connectivity index (χ0n) is 10.6. The number of allylic oxidation sites excluding steroid dienone is 1. The number of fused-ring (bicyclic) bond motifs is 1. The van der Waals surface area contributed by atoms with Gasteiger partial charge in [0.15, 0.2) is 5.76 Å². The average molecular weight is 264 g/mol. The van der Waals surface area contributed by atoms with Crippen LogP contribution in [0.1, 0.15) is 16.1 Å². The Balaban J connectivity index is 1.88. The molecule has 3 rings (SSSR count). The van der Waals surface area contributed by atoms with Crippen molar-refractivity contribution >= 4 is 22.8 Å². The molecule has 0 aliphatic carbocycles. The lowest BCUT2D eigenvalue weighted by molar-refractivity contribution is 0.102. The molecule has 98 valence electrons. The summed E-state index contributed by atoms with van der Waals surface area (Å²) in [5.41, 5.74) is 1.28. The molecule has 0 saturated heterocycles. The van der Waals surface area contributed by atoms with E-state index >= 15 is 0 Å². The van der Waals surface area contributed by atoms with Crippen molar-refractivity contribution in [2.45, 2.75) is 0 Å². The third-order valence-corrected chi connectivity index (χ3v) is 3.02. The number of hydrogen-bond donors (Lipinski definition) is 1. The monoisotopic (exact) mass is 264 g/mol. The van der Waals surface area contributed by atoms with E-state index in [9.17, 15) is 9.90 Å². The van der Waals surface area contributed by atoms with Crippen molar-refractivity contribution in [2.24, 2.45) is 0 Å². The zero-order valence-corrected chi connectivity index (χ0v) is 10.6. The molecule has 0 aliphatic rings. The lowest BCUT2D eigenvalue weighted by atomic mass is 10.1. The van der Waals surface area contributed by atoms with Crippen LogP contribution in [0.4, 0.5) is 0 Å². The predicted molar refractivity (Wildman–Crippen MR) is 77.7 cm³/mol. The third kappa shape index (κ3) is 2.34. The number of phenols is 1. The lowest BCUT2D eigenvalue weighted by Crippen LogP contribution is -1.90. The minimum absolute atomic E-state index is 0.140. The number of carbonyl (C=O) groups is 1. The maximum Gasteiger partial charge on any atom is 0.221 e. The molecule has 1 N–H and O–H groups in total. The van der Waals surface area contributed by atoms with E-state index in [2.05, 4.69) is 0 Å². The molecule has 20 heavy (non-hydrogen) atoms. The Morgan fingerprint density at radius 2 is 1.80 bits per heavy atom. The van der Waals surface area contributed by atoms with Crippen molar-refractivity contribution in [3.8, 4) is 5.75 Å². The van der Waals surface area contributed by atoms with Gasteiger partial charge in [-0.3, -0.25) is 4.79 Å². The molecular formula is C17H12O3. The Bertz CT molecular complexity index is 764. The van der Waals surface area contributed by atoms with Gasteiger partial charge in [0, 0.05) is 10.9 Å². The fraction of sp³-hybridized carbons (Fsp3) is 0. The van der Waals surface area contributed by atoms with Crippen LogP contribution in [0.2, 0.25) is 0 Å². The first-order chi connectivity index (χ1) is 9.74. The Morgan fingerprint density at radius 3 is 2.60 bits per heavy atom. The van der Waals surface area contributed by atoms with E-state index in [1.165, 1.54) is 6.08 Å². The first kappa shape index (κ1) is 12.2. The number of carbonyl (C=O) groups excluding carboxylic acids is 1. The molecule has 0 amide bonds. The highest BCUT2D eigenvalue weighted by molar-refractivity contribution is 6.07. The number of aromatic hydroxyl groups is 1. The molecule has 0 atom stereocenters. The van der Waals surface area contributed by atoms with Crippen molar-refractivity contribution in [3.63, 3.8) is 0 Å². The Hall–Kier alpha value is -2.81. The molecular weight excluding hydrogens is 252 g/mol. The molecule has 0 spiro atoms. The minimum atomic E-state index is -0.232. The van der Waals surface area contributed by atoms with Gasteiger partial charge >= 0.3 is 0 Å². The Kier molecular flexibility index (Phi) is 3.09. The first-order valence-corrected chi connectivity index (χ1v) is 6.23. The standard InChI is InChI=1S/C17H12O3/c18-14-7-3-1-5-12(14)9-10-15(19)17-11-13-6-2-4-8-16(13)20-17/h1-11,18H/b10-9+. The van der Waals surface area contributed by atoms with Crippen molar-refractivity contribution < 1.29 is 14.3 Å². The van der Waals surface area contributed by atoms with Crippen LogP contribution < -0.4 is 0 Å². The van der Waals surface area contributed by atoms with Crippen molar-refractivity contribution in [1.29, 1.82) is 0 Å². The fourth-order valence-corrected chi connectivity index (χ4v) is 1.98. The van der Waals surface area contributed by atoms with E-state index in [0.717, 1.165) is 5.39 Å². The molecule has 0 aliphatic heterocycles. The number of para-hydroxylation sites is 2. The summed E-state index contributed by atoms with van der Waals surface area (Å²) in [7, 11) is 0. The summed E-state index contributed by atoms with van der Waals surface area (Å²) in [6, 6.07) is 16.0. The summed E-state index contributed by atoms with van der Waals surface area (Å²) < 4.78 is 5.49. The van der Waals surface area contributed by atoms with Gasteiger partial charge in [0.2, 0.25) is 5.78 Å². The maximum atomic E-state index is 12.0. The van der Waals surface area contributed by atoms with E-state index < -0.39 is 0 Å². The summed E-state index contributed by atoms with van der Waals surface area (Å²) in [5, 5.41) is 10.5. The molecule has 1 heterocycles.